The molecule has 1 unspecified atom stereocenters. The molecular weight excluding hydrogens is 386 g/mol. The minimum absolute atomic E-state index is 0.0156. The highest BCUT2D eigenvalue weighted by Gasteiger charge is 2.41. The minimum atomic E-state index is -0.136. The van der Waals surface area contributed by atoms with Crippen LogP contribution in [-0.2, 0) is 4.74 Å². The van der Waals surface area contributed by atoms with Gasteiger partial charge in [-0.2, -0.15) is 0 Å². The lowest BCUT2D eigenvalue weighted by atomic mass is 9.90. The molecule has 1 fully saturated rings. The number of imide groups is 1. The molecule has 0 aromatic heterocycles. The lowest BCUT2D eigenvalue weighted by Gasteiger charge is -2.34. The van der Waals surface area contributed by atoms with E-state index in [2.05, 4.69) is 44.2 Å². The van der Waals surface area contributed by atoms with Crippen LogP contribution in [0.3, 0.4) is 0 Å². The topological polar surface area (TPSA) is 46.6 Å². The molecule has 0 bridgehead atoms. The summed E-state index contributed by atoms with van der Waals surface area (Å²) in [6.07, 6.45) is 5.95. The third-order valence-corrected chi connectivity index (χ3v) is 6.73. The van der Waals surface area contributed by atoms with Gasteiger partial charge < -0.3 is 4.74 Å². The highest BCUT2D eigenvalue weighted by Crippen LogP contribution is 2.33. The Kier molecular flexibility index (Phi) is 6.86. The number of amides is 2. The number of carbonyl (C=O) groups is 2. The Morgan fingerprint density at radius 1 is 0.839 bits per heavy atom. The highest BCUT2D eigenvalue weighted by atomic mass is 16.5. The van der Waals surface area contributed by atoms with Crippen molar-refractivity contribution in [2.24, 2.45) is 5.92 Å². The zero-order valence-corrected chi connectivity index (χ0v) is 18.6. The van der Waals surface area contributed by atoms with Crippen LogP contribution in [-0.4, -0.2) is 35.5 Å². The maximum Gasteiger partial charge on any atom is 0.261 e. The lowest BCUT2D eigenvalue weighted by molar-refractivity contribution is 0.00214. The van der Waals surface area contributed by atoms with Gasteiger partial charge in [-0.25, -0.2) is 0 Å². The van der Waals surface area contributed by atoms with Crippen molar-refractivity contribution in [3.05, 3.63) is 71.3 Å². The molecule has 4 heteroatoms. The van der Waals surface area contributed by atoms with Crippen molar-refractivity contribution in [3.8, 4) is 0 Å². The Hall–Kier alpha value is -2.46. The molecule has 31 heavy (non-hydrogen) atoms. The fourth-order valence-corrected chi connectivity index (χ4v) is 4.87. The summed E-state index contributed by atoms with van der Waals surface area (Å²) in [5.74, 6) is 0.824. The second kappa shape index (κ2) is 9.78. The molecule has 2 aromatic rings. The van der Waals surface area contributed by atoms with Gasteiger partial charge in [0.2, 0.25) is 0 Å². The van der Waals surface area contributed by atoms with E-state index in [1.54, 1.807) is 12.1 Å². The fraction of sp³-hybridized carbons (Fsp3) is 0.481. The lowest BCUT2D eigenvalue weighted by Crippen LogP contribution is -2.43. The average molecular weight is 420 g/mol. The quantitative estimate of drug-likeness (QED) is 0.506. The molecule has 1 heterocycles. The number of hydrogen-bond acceptors (Lipinski definition) is 3. The molecule has 4 nitrogen and oxygen atoms in total. The van der Waals surface area contributed by atoms with Crippen LogP contribution in [0.1, 0.15) is 84.6 Å². The van der Waals surface area contributed by atoms with Gasteiger partial charge in [-0.05, 0) is 55.7 Å². The summed E-state index contributed by atoms with van der Waals surface area (Å²) in [5, 5.41) is 0. The van der Waals surface area contributed by atoms with Gasteiger partial charge in [0.1, 0.15) is 0 Å². The molecule has 1 atom stereocenters. The second-order valence-electron chi connectivity index (χ2n) is 9.37. The monoisotopic (exact) mass is 419 g/mol. The predicted octanol–water partition coefficient (Wildman–Crippen LogP) is 5.83. The Morgan fingerprint density at radius 2 is 1.42 bits per heavy atom. The second-order valence-corrected chi connectivity index (χ2v) is 9.37. The average Bonchev–Trinajstić information content (AvgIpc) is 3.05. The molecule has 164 valence electrons. The molecule has 1 aliphatic heterocycles. The van der Waals surface area contributed by atoms with Crippen molar-refractivity contribution in [1.29, 1.82) is 0 Å². The van der Waals surface area contributed by atoms with Crippen molar-refractivity contribution in [2.45, 2.75) is 70.4 Å². The maximum atomic E-state index is 12.8. The van der Waals surface area contributed by atoms with Crippen LogP contribution in [0.4, 0.5) is 0 Å². The van der Waals surface area contributed by atoms with E-state index in [0.29, 0.717) is 23.0 Å². The van der Waals surface area contributed by atoms with Crippen LogP contribution in [0.2, 0.25) is 0 Å². The molecule has 2 amide bonds. The number of benzene rings is 2. The van der Waals surface area contributed by atoms with Crippen molar-refractivity contribution >= 4 is 11.8 Å². The van der Waals surface area contributed by atoms with Gasteiger partial charge in [0.25, 0.3) is 11.8 Å². The van der Waals surface area contributed by atoms with E-state index in [4.69, 9.17) is 4.74 Å². The minimum Gasteiger partial charge on any atom is -0.378 e. The molecule has 0 saturated heterocycles. The van der Waals surface area contributed by atoms with Crippen molar-refractivity contribution < 1.29 is 14.3 Å². The van der Waals surface area contributed by atoms with Crippen LogP contribution in [0.15, 0.2) is 54.6 Å². The fourth-order valence-electron chi connectivity index (χ4n) is 4.87. The smallest absolute Gasteiger partial charge is 0.261 e. The molecule has 2 aliphatic rings. The van der Waals surface area contributed by atoms with Gasteiger partial charge in [-0.3, -0.25) is 14.5 Å². The van der Waals surface area contributed by atoms with E-state index in [1.807, 2.05) is 12.1 Å². The van der Waals surface area contributed by atoms with Gasteiger partial charge in [0, 0.05) is 12.0 Å². The van der Waals surface area contributed by atoms with Crippen LogP contribution in [0.5, 0.6) is 0 Å². The summed E-state index contributed by atoms with van der Waals surface area (Å²) in [4.78, 5) is 27.0. The first-order valence-corrected chi connectivity index (χ1v) is 11.7. The number of ether oxygens (including phenoxy) is 1. The Bertz CT molecular complexity index is 865. The third-order valence-electron chi connectivity index (χ3n) is 6.73. The normalized spacial score (nSPS) is 22.1. The van der Waals surface area contributed by atoms with E-state index in [0.717, 1.165) is 38.7 Å². The first-order valence-electron chi connectivity index (χ1n) is 11.7. The van der Waals surface area contributed by atoms with E-state index in [-0.39, 0.29) is 24.0 Å². The van der Waals surface area contributed by atoms with Gasteiger partial charge >= 0.3 is 0 Å². The Balaban J connectivity index is 1.32. The zero-order chi connectivity index (χ0) is 21.8. The van der Waals surface area contributed by atoms with E-state index in [9.17, 15) is 9.59 Å². The van der Waals surface area contributed by atoms with Crippen LogP contribution in [0, 0.1) is 5.92 Å². The number of carbonyl (C=O) groups excluding carboxylic acids is 2. The molecule has 0 N–H and O–H groups in total. The summed E-state index contributed by atoms with van der Waals surface area (Å²) in [6.45, 7) is 5.27. The largest absolute Gasteiger partial charge is 0.378 e. The molecule has 4 rings (SSSR count). The van der Waals surface area contributed by atoms with Crippen LogP contribution in [0.25, 0.3) is 0 Å². The molecule has 2 aromatic carbocycles. The first-order chi connectivity index (χ1) is 15.0. The maximum absolute atomic E-state index is 12.8. The number of fused-ring (bicyclic) bond motifs is 1. The van der Waals surface area contributed by atoms with Gasteiger partial charge in [-0.15, -0.1) is 0 Å². The SMILES string of the molecule is CC(C)CCC(COC1CCC(N2C(=O)c3ccccc3C2=O)CC1)c1ccccc1. The Morgan fingerprint density at radius 3 is 2.00 bits per heavy atom. The van der Waals surface area contributed by atoms with Crippen molar-refractivity contribution in [1.82, 2.24) is 4.90 Å². The summed E-state index contributed by atoms with van der Waals surface area (Å²) in [6, 6.07) is 17.8. The summed E-state index contributed by atoms with van der Waals surface area (Å²) < 4.78 is 6.37. The number of hydrogen-bond donors (Lipinski definition) is 0. The van der Waals surface area contributed by atoms with Gasteiger partial charge in [0.05, 0.1) is 23.8 Å². The van der Waals surface area contributed by atoms with Gasteiger partial charge in [-0.1, -0.05) is 62.7 Å². The zero-order valence-electron chi connectivity index (χ0n) is 18.6. The van der Waals surface area contributed by atoms with E-state index < -0.39 is 0 Å². The van der Waals surface area contributed by atoms with E-state index >= 15 is 0 Å². The first kappa shape index (κ1) is 21.8. The molecule has 0 spiro atoms. The molecule has 1 aliphatic carbocycles. The van der Waals surface area contributed by atoms with Crippen molar-refractivity contribution in [2.75, 3.05) is 6.61 Å². The summed E-state index contributed by atoms with van der Waals surface area (Å²) in [5.41, 5.74) is 2.44. The van der Waals surface area contributed by atoms with Gasteiger partial charge in [0.15, 0.2) is 0 Å². The van der Waals surface area contributed by atoms with Crippen LogP contribution < -0.4 is 0 Å². The molecule has 0 radical (unpaired) electrons. The molecule has 1 saturated carbocycles. The van der Waals surface area contributed by atoms with E-state index in [1.165, 1.54) is 16.9 Å². The van der Waals surface area contributed by atoms with Crippen LogP contribution >= 0.6 is 0 Å². The summed E-state index contributed by atoms with van der Waals surface area (Å²) >= 11 is 0. The van der Waals surface area contributed by atoms with Crippen molar-refractivity contribution in [3.63, 3.8) is 0 Å². The number of nitrogens with zero attached hydrogens (tertiary/aromatic N) is 1. The standard InChI is InChI=1S/C27H33NO3/c1-19(2)12-13-21(20-8-4-3-5-9-20)18-31-23-16-14-22(15-17-23)28-26(29)24-10-6-7-11-25(24)27(28)30/h3-11,19,21-23H,12-18H2,1-2H3. The third kappa shape index (κ3) is 4.90. The Labute approximate surface area is 185 Å². The molecular formula is C27H33NO3. The number of rotatable bonds is 8. The predicted molar refractivity (Wildman–Crippen MR) is 122 cm³/mol. The summed E-state index contributed by atoms with van der Waals surface area (Å²) in [7, 11) is 0. The highest BCUT2D eigenvalue weighted by molar-refractivity contribution is 6.21.